The number of nitrogens with one attached hydrogen (secondary N) is 1. The number of amides is 1. The summed E-state index contributed by atoms with van der Waals surface area (Å²) < 4.78 is 33.3. The van der Waals surface area contributed by atoms with Crippen molar-refractivity contribution in [3.63, 3.8) is 0 Å². The maximum atomic E-state index is 12.4. The van der Waals surface area contributed by atoms with Crippen LogP contribution in [0, 0.1) is 0 Å². The lowest BCUT2D eigenvalue weighted by Crippen LogP contribution is -2.28. The molecule has 0 fully saturated rings. The average Bonchev–Trinajstić information content (AvgIpc) is 3.02. The molecule has 27 heavy (non-hydrogen) atoms. The first kappa shape index (κ1) is 18.9. The first-order valence-electron chi connectivity index (χ1n) is 8.24. The average molecular weight is 388 g/mol. The molecule has 0 radical (unpaired) electrons. The number of sulfonamides is 1. The van der Waals surface area contributed by atoms with E-state index in [0.29, 0.717) is 11.3 Å². The van der Waals surface area contributed by atoms with Gasteiger partial charge in [-0.25, -0.2) is 13.6 Å². The SMILES string of the molecule is COc1ccc2c(CC(=O)NC(C)c3ccc(S(N)(=O)=O)cc3)coc2c1. The van der Waals surface area contributed by atoms with Crippen molar-refractivity contribution in [1.29, 1.82) is 0 Å². The molecule has 3 rings (SSSR count). The monoisotopic (exact) mass is 388 g/mol. The van der Waals surface area contributed by atoms with Gasteiger partial charge < -0.3 is 14.5 Å². The first-order chi connectivity index (χ1) is 12.8. The molecular weight excluding hydrogens is 368 g/mol. The van der Waals surface area contributed by atoms with E-state index in [2.05, 4.69) is 5.32 Å². The molecule has 1 unspecified atom stereocenters. The van der Waals surface area contributed by atoms with Gasteiger partial charge in [0.1, 0.15) is 11.3 Å². The standard InChI is InChI=1S/C19H20N2O5S/c1-12(13-3-6-16(7-4-13)27(20,23)24)21-19(22)9-14-11-26-18-10-15(25-2)5-8-17(14)18/h3-8,10-12H,9H2,1-2H3,(H,21,22)(H2,20,23,24). The second-order valence-corrected chi connectivity index (χ2v) is 7.76. The van der Waals surface area contributed by atoms with Crippen LogP contribution in [0.4, 0.5) is 0 Å². The Morgan fingerprint density at radius 1 is 1.22 bits per heavy atom. The molecule has 0 saturated heterocycles. The van der Waals surface area contributed by atoms with Gasteiger partial charge in [-0.2, -0.15) is 0 Å². The molecule has 7 nitrogen and oxygen atoms in total. The third-order valence-electron chi connectivity index (χ3n) is 4.30. The Kier molecular flexibility index (Phi) is 5.20. The van der Waals surface area contributed by atoms with Crippen LogP contribution in [-0.4, -0.2) is 21.4 Å². The van der Waals surface area contributed by atoms with E-state index >= 15 is 0 Å². The van der Waals surface area contributed by atoms with Gasteiger partial charge in [0.2, 0.25) is 15.9 Å². The second kappa shape index (κ2) is 7.42. The predicted octanol–water partition coefficient (Wildman–Crippen LogP) is 2.51. The summed E-state index contributed by atoms with van der Waals surface area (Å²) in [5.41, 5.74) is 2.21. The number of hydrogen-bond donors (Lipinski definition) is 2. The van der Waals surface area contributed by atoms with Crippen molar-refractivity contribution in [2.75, 3.05) is 7.11 Å². The number of ether oxygens (including phenoxy) is 1. The van der Waals surface area contributed by atoms with Crippen LogP contribution in [0.15, 0.2) is 58.0 Å². The summed E-state index contributed by atoms with van der Waals surface area (Å²) in [6.07, 6.45) is 1.73. The largest absolute Gasteiger partial charge is 0.497 e. The molecular formula is C19H20N2O5S. The Bertz CT molecular complexity index is 1070. The number of rotatable bonds is 6. The molecule has 0 spiro atoms. The van der Waals surface area contributed by atoms with Gasteiger partial charge >= 0.3 is 0 Å². The van der Waals surface area contributed by atoms with Crippen molar-refractivity contribution >= 4 is 26.9 Å². The third kappa shape index (κ3) is 4.29. The fourth-order valence-electron chi connectivity index (χ4n) is 2.82. The number of nitrogens with two attached hydrogens (primary N) is 1. The van der Waals surface area contributed by atoms with Gasteiger partial charge in [0.05, 0.1) is 30.7 Å². The molecule has 0 saturated carbocycles. The van der Waals surface area contributed by atoms with Crippen molar-refractivity contribution in [3.8, 4) is 5.75 Å². The maximum Gasteiger partial charge on any atom is 0.238 e. The van der Waals surface area contributed by atoms with Crippen molar-refractivity contribution in [2.45, 2.75) is 24.3 Å². The van der Waals surface area contributed by atoms with Crippen LogP contribution in [0.5, 0.6) is 5.75 Å². The molecule has 142 valence electrons. The Labute approximate surface area is 157 Å². The van der Waals surface area contributed by atoms with Crippen LogP contribution < -0.4 is 15.2 Å². The normalized spacial score (nSPS) is 12.7. The lowest BCUT2D eigenvalue weighted by Gasteiger charge is -2.14. The van der Waals surface area contributed by atoms with Crippen molar-refractivity contribution in [3.05, 3.63) is 59.9 Å². The van der Waals surface area contributed by atoms with E-state index in [1.165, 1.54) is 12.1 Å². The molecule has 0 aliphatic heterocycles. The summed E-state index contributed by atoms with van der Waals surface area (Å²) in [5, 5.41) is 8.84. The van der Waals surface area contributed by atoms with Crippen LogP contribution in [0.25, 0.3) is 11.0 Å². The Hall–Kier alpha value is -2.84. The fourth-order valence-corrected chi connectivity index (χ4v) is 3.34. The molecule has 0 aliphatic carbocycles. The van der Waals surface area contributed by atoms with Gasteiger partial charge in [0, 0.05) is 17.0 Å². The molecule has 1 amide bonds. The van der Waals surface area contributed by atoms with Crippen molar-refractivity contribution < 1.29 is 22.4 Å². The quantitative estimate of drug-likeness (QED) is 0.674. The van der Waals surface area contributed by atoms with Crippen molar-refractivity contribution in [2.24, 2.45) is 5.14 Å². The molecule has 2 aromatic carbocycles. The topological polar surface area (TPSA) is 112 Å². The molecule has 3 aromatic rings. The minimum atomic E-state index is -3.74. The van der Waals surface area contributed by atoms with Crippen molar-refractivity contribution in [1.82, 2.24) is 5.32 Å². The number of primary sulfonamides is 1. The highest BCUT2D eigenvalue weighted by atomic mass is 32.2. The highest BCUT2D eigenvalue weighted by Gasteiger charge is 2.15. The minimum absolute atomic E-state index is 0.0325. The first-order valence-corrected chi connectivity index (χ1v) is 9.79. The molecule has 0 bridgehead atoms. The number of methoxy groups -OCH3 is 1. The predicted molar refractivity (Wildman–Crippen MR) is 101 cm³/mol. The minimum Gasteiger partial charge on any atom is -0.497 e. The number of benzene rings is 2. The lowest BCUT2D eigenvalue weighted by atomic mass is 10.1. The number of carbonyl (C=O) groups excluding carboxylic acids is 1. The Morgan fingerprint density at radius 3 is 2.56 bits per heavy atom. The van der Waals surface area contributed by atoms with Gasteiger partial charge in [0.15, 0.2) is 0 Å². The third-order valence-corrected chi connectivity index (χ3v) is 5.23. The molecule has 0 aliphatic rings. The van der Waals surface area contributed by atoms with E-state index in [9.17, 15) is 13.2 Å². The molecule has 1 aromatic heterocycles. The van der Waals surface area contributed by atoms with Crippen LogP contribution in [-0.2, 0) is 21.2 Å². The molecule has 3 N–H and O–H groups in total. The van der Waals surface area contributed by atoms with Crippen LogP contribution in [0.1, 0.15) is 24.1 Å². The van der Waals surface area contributed by atoms with E-state index in [1.807, 2.05) is 19.1 Å². The second-order valence-electron chi connectivity index (χ2n) is 6.20. The number of fused-ring (bicyclic) bond motifs is 1. The fraction of sp³-hybridized carbons (Fsp3) is 0.211. The van der Waals surface area contributed by atoms with E-state index in [0.717, 1.165) is 16.5 Å². The number of hydrogen-bond acceptors (Lipinski definition) is 5. The summed E-state index contributed by atoms with van der Waals surface area (Å²) in [7, 11) is -2.16. The van der Waals surface area contributed by atoms with Crippen LogP contribution >= 0.6 is 0 Å². The lowest BCUT2D eigenvalue weighted by molar-refractivity contribution is -0.121. The summed E-state index contributed by atoms with van der Waals surface area (Å²) in [6.45, 7) is 1.82. The van der Waals surface area contributed by atoms with E-state index < -0.39 is 10.0 Å². The zero-order valence-corrected chi connectivity index (χ0v) is 15.7. The molecule has 8 heteroatoms. The summed E-state index contributed by atoms with van der Waals surface area (Å²) in [5.74, 6) is 0.515. The smallest absolute Gasteiger partial charge is 0.238 e. The van der Waals surface area contributed by atoms with E-state index in [-0.39, 0.29) is 23.3 Å². The van der Waals surface area contributed by atoms with Gasteiger partial charge in [-0.15, -0.1) is 0 Å². The zero-order chi connectivity index (χ0) is 19.6. The Balaban J connectivity index is 1.68. The summed E-state index contributed by atoms with van der Waals surface area (Å²) >= 11 is 0. The summed E-state index contributed by atoms with van der Waals surface area (Å²) in [4.78, 5) is 12.4. The van der Waals surface area contributed by atoms with Crippen LogP contribution in [0.3, 0.4) is 0 Å². The highest BCUT2D eigenvalue weighted by molar-refractivity contribution is 7.89. The number of carbonyl (C=O) groups is 1. The molecule has 1 atom stereocenters. The highest BCUT2D eigenvalue weighted by Crippen LogP contribution is 2.26. The van der Waals surface area contributed by atoms with Gasteiger partial charge in [-0.1, -0.05) is 12.1 Å². The summed E-state index contributed by atoms with van der Waals surface area (Å²) in [6, 6.07) is 11.3. The Morgan fingerprint density at radius 2 is 1.93 bits per heavy atom. The van der Waals surface area contributed by atoms with Gasteiger partial charge in [-0.05, 0) is 36.8 Å². The van der Waals surface area contributed by atoms with Crippen LogP contribution in [0.2, 0.25) is 0 Å². The van der Waals surface area contributed by atoms with Gasteiger partial charge in [-0.3, -0.25) is 4.79 Å². The van der Waals surface area contributed by atoms with E-state index in [4.69, 9.17) is 14.3 Å². The molecule has 1 heterocycles. The number of furan rings is 1. The van der Waals surface area contributed by atoms with Gasteiger partial charge in [0.25, 0.3) is 0 Å². The zero-order valence-electron chi connectivity index (χ0n) is 14.9. The van der Waals surface area contributed by atoms with E-state index in [1.54, 1.807) is 31.6 Å². The maximum absolute atomic E-state index is 12.4.